The van der Waals surface area contributed by atoms with E-state index in [0.717, 1.165) is 19.4 Å². The van der Waals surface area contributed by atoms with Gasteiger partial charge in [-0.3, -0.25) is 14.5 Å². The van der Waals surface area contributed by atoms with Crippen LogP contribution in [0.1, 0.15) is 40.6 Å². The highest BCUT2D eigenvalue weighted by molar-refractivity contribution is 7.08. The first kappa shape index (κ1) is 20.4. The molecule has 6 nitrogen and oxygen atoms in total. The highest BCUT2D eigenvalue weighted by Gasteiger charge is 2.29. The maximum atomic E-state index is 13.1. The molecule has 0 saturated carbocycles. The molecule has 3 heterocycles. The highest BCUT2D eigenvalue weighted by atomic mass is 32.1. The number of hydrogen-bond donors (Lipinski definition) is 1. The second kappa shape index (κ2) is 9.28. The molecular formula is C23H25N3O3S. The molecule has 1 fully saturated rings. The van der Waals surface area contributed by atoms with Crippen LogP contribution >= 0.6 is 11.3 Å². The van der Waals surface area contributed by atoms with E-state index in [-0.39, 0.29) is 11.8 Å². The Morgan fingerprint density at radius 3 is 2.87 bits per heavy atom. The van der Waals surface area contributed by atoms with E-state index in [4.69, 9.17) is 4.42 Å². The minimum Gasteiger partial charge on any atom is -0.467 e. The number of para-hydroxylation sites is 1. The van der Waals surface area contributed by atoms with Crippen molar-refractivity contribution in [1.82, 2.24) is 10.2 Å². The van der Waals surface area contributed by atoms with E-state index in [1.807, 2.05) is 12.1 Å². The predicted octanol–water partition coefficient (Wildman–Crippen LogP) is 4.07. The molecule has 0 bridgehead atoms. The van der Waals surface area contributed by atoms with Gasteiger partial charge in [-0.05, 0) is 66.0 Å². The number of hydrogen-bond acceptors (Lipinski definition) is 5. The lowest BCUT2D eigenvalue weighted by Gasteiger charge is -2.27. The molecule has 0 aliphatic carbocycles. The minimum atomic E-state index is -0.237. The second-order valence-corrected chi connectivity index (χ2v) is 8.20. The molecule has 0 radical (unpaired) electrons. The van der Waals surface area contributed by atoms with E-state index >= 15 is 0 Å². The fourth-order valence-electron chi connectivity index (χ4n) is 3.91. The van der Waals surface area contributed by atoms with Gasteiger partial charge in [-0.1, -0.05) is 12.1 Å². The zero-order valence-corrected chi connectivity index (χ0v) is 17.7. The van der Waals surface area contributed by atoms with E-state index in [9.17, 15) is 9.59 Å². The molecule has 30 heavy (non-hydrogen) atoms. The number of thiophene rings is 1. The summed E-state index contributed by atoms with van der Waals surface area (Å²) in [4.78, 5) is 29.6. The van der Waals surface area contributed by atoms with Crippen molar-refractivity contribution in [2.75, 3.05) is 25.0 Å². The van der Waals surface area contributed by atoms with Crippen LogP contribution in [0.5, 0.6) is 0 Å². The zero-order valence-electron chi connectivity index (χ0n) is 16.9. The molecule has 2 amide bonds. The Hall–Kier alpha value is -2.90. The van der Waals surface area contributed by atoms with Gasteiger partial charge in [0.05, 0.1) is 30.6 Å². The van der Waals surface area contributed by atoms with Crippen LogP contribution in [0.2, 0.25) is 0 Å². The first-order valence-electron chi connectivity index (χ1n) is 10.1. The van der Waals surface area contributed by atoms with Crippen LogP contribution in [0.25, 0.3) is 0 Å². The van der Waals surface area contributed by atoms with Gasteiger partial charge in [0.15, 0.2) is 0 Å². The molecule has 1 N–H and O–H groups in total. The number of carbonyl (C=O) groups excluding carboxylic acids is 2. The van der Waals surface area contributed by atoms with Crippen molar-refractivity contribution < 1.29 is 14.0 Å². The Morgan fingerprint density at radius 2 is 2.10 bits per heavy atom. The fraction of sp³-hybridized carbons (Fsp3) is 0.304. The average Bonchev–Trinajstić information content (AvgIpc) is 3.54. The van der Waals surface area contributed by atoms with Crippen molar-refractivity contribution in [1.29, 1.82) is 0 Å². The molecule has 156 valence electrons. The van der Waals surface area contributed by atoms with Gasteiger partial charge >= 0.3 is 0 Å². The zero-order chi connectivity index (χ0) is 20.9. The van der Waals surface area contributed by atoms with Crippen molar-refractivity contribution in [3.63, 3.8) is 0 Å². The summed E-state index contributed by atoms with van der Waals surface area (Å²) in [6, 6.07) is 13.2. The monoisotopic (exact) mass is 423 g/mol. The van der Waals surface area contributed by atoms with Crippen molar-refractivity contribution in [2.45, 2.75) is 25.4 Å². The van der Waals surface area contributed by atoms with Crippen LogP contribution in [0.4, 0.5) is 5.69 Å². The largest absolute Gasteiger partial charge is 0.467 e. The van der Waals surface area contributed by atoms with Gasteiger partial charge < -0.3 is 14.6 Å². The molecule has 1 aliphatic heterocycles. The molecule has 1 atom stereocenters. The lowest BCUT2D eigenvalue weighted by molar-refractivity contribution is -0.119. The number of carbonyl (C=O) groups is 2. The Bertz CT molecular complexity index is 985. The lowest BCUT2D eigenvalue weighted by Crippen LogP contribution is -2.39. The van der Waals surface area contributed by atoms with Crippen molar-refractivity contribution in [2.24, 2.45) is 0 Å². The normalized spacial score (nSPS) is 16.5. The van der Waals surface area contributed by atoms with E-state index in [0.29, 0.717) is 36.1 Å². The molecule has 1 aromatic carbocycles. The van der Waals surface area contributed by atoms with Gasteiger partial charge in [-0.25, -0.2) is 0 Å². The van der Waals surface area contributed by atoms with E-state index in [2.05, 4.69) is 27.0 Å². The second-order valence-electron chi connectivity index (χ2n) is 7.42. The number of rotatable bonds is 7. The van der Waals surface area contributed by atoms with Gasteiger partial charge in [-0.2, -0.15) is 11.3 Å². The third-order valence-electron chi connectivity index (χ3n) is 5.52. The molecule has 1 saturated heterocycles. The number of likely N-dealkylation sites (N-methyl/N-ethyl adjacent to an activating group) is 1. The molecule has 3 aromatic rings. The van der Waals surface area contributed by atoms with Crippen LogP contribution in [0.15, 0.2) is 63.9 Å². The highest BCUT2D eigenvalue weighted by Crippen LogP contribution is 2.33. The Labute approximate surface area is 180 Å². The van der Waals surface area contributed by atoms with Gasteiger partial charge in [0.1, 0.15) is 5.76 Å². The van der Waals surface area contributed by atoms with Crippen molar-refractivity contribution in [3.05, 3.63) is 76.4 Å². The average molecular weight is 424 g/mol. The first-order valence-corrected chi connectivity index (χ1v) is 11.0. The van der Waals surface area contributed by atoms with Crippen LogP contribution in [-0.2, 0) is 11.3 Å². The smallest absolute Gasteiger partial charge is 0.253 e. The third-order valence-corrected chi connectivity index (χ3v) is 6.22. The summed E-state index contributed by atoms with van der Waals surface area (Å²) in [5, 5.41) is 7.10. The quantitative estimate of drug-likeness (QED) is 0.622. The number of nitrogens with one attached hydrogen (secondary N) is 1. The predicted molar refractivity (Wildman–Crippen MR) is 118 cm³/mol. The number of anilines is 1. The summed E-state index contributed by atoms with van der Waals surface area (Å²) in [6.07, 6.45) is 3.73. The van der Waals surface area contributed by atoms with Crippen LogP contribution in [-0.4, -0.2) is 36.9 Å². The van der Waals surface area contributed by atoms with E-state index in [1.165, 1.54) is 5.56 Å². The standard InChI is InChI=1S/C23H25N3O3S/c1-25(22(27)15-26-11-4-9-20(26)17-10-13-30-16-17)21-8-3-2-7-19(21)23(28)24-14-18-6-5-12-29-18/h2-3,5-8,10,12-13,16,20H,4,9,11,14-15H2,1H3,(H,24,28)/t20-/m1/s1. The van der Waals surface area contributed by atoms with Crippen molar-refractivity contribution in [3.8, 4) is 0 Å². The van der Waals surface area contributed by atoms with Gasteiger partial charge in [0.25, 0.3) is 5.91 Å². The summed E-state index contributed by atoms with van der Waals surface area (Å²) < 4.78 is 5.27. The summed E-state index contributed by atoms with van der Waals surface area (Å²) in [6.45, 7) is 1.54. The molecule has 7 heteroatoms. The minimum absolute atomic E-state index is 0.0246. The summed E-state index contributed by atoms with van der Waals surface area (Å²) in [5.74, 6) is 0.418. The van der Waals surface area contributed by atoms with Crippen LogP contribution < -0.4 is 10.2 Å². The fourth-order valence-corrected chi connectivity index (χ4v) is 4.61. The van der Waals surface area contributed by atoms with Crippen molar-refractivity contribution >= 4 is 28.8 Å². The molecule has 2 aromatic heterocycles. The number of likely N-dealkylation sites (tertiary alicyclic amines) is 1. The number of amides is 2. The molecule has 0 spiro atoms. The molecular weight excluding hydrogens is 398 g/mol. The van der Waals surface area contributed by atoms with Crippen LogP contribution in [0, 0.1) is 0 Å². The molecule has 1 aliphatic rings. The summed E-state index contributed by atoms with van der Waals surface area (Å²) >= 11 is 1.69. The van der Waals surface area contributed by atoms with Crippen LogP contribution in [0.3, 0.4) is 0 Å². The summed E-state index contributed by atoms with van der Waals surface area (Å²) in [7, 11) is 1.73. The SMILES string of the molecule is CN(C(=O)CN1CCC[C@@H]1c1ccsc1)c1ccccc1C(=O)NCc1ccco1. The Kier molecular flexibility index (Phi) is 6.30. The Balaban J connectivity index is 1.44. The maximum Gasteiger partial charge on any atom is 0.253 e. The Morgan fingerprint density at radius 1 is 1.23 bits per heavy atom. The number of benzene rings is 1. The van der Waals surface area contributed by atoms with Gasteiger partial charge in [-0.15, -0.1) is 0 Å². The van der Waals surface area contributed by atoms with Gasteiger partial charge in [0.2, 0.25) is 5.91 Å². The third kappa shape index (κ3) is 4.47. The molecule has 4 rings (SSSR count). The number of nitrogens with zero attached hydrogens (tertiary/aromatic N) is 2. The summed E-state index contributed by atoms with van der Waals surface area (Å²) in [5.41, 5.74) is 2.35. The lowest BCUT2D eigenvalue weighted by atomic mass is 10.1. The first-order chi connectivity index (χ1) is 14.6. The topological polar surface area (TPSA) is 65.8 Å². The van der Waals surface area contributed by atoms with E-state index in [1.54, 1.807) is 53.8 Å². The molecule has 0 unspecified atom stereocenters. The maximum absolute atomic E-state index is 13.1. The van der Waals surface area contributed by atoms with E-state index < -0.39 is 0 Å². The van der Waals surface area contributed by atoms with Gasteiger partial charge in [0, 0.05) is 13.1 Å². The number of furan rings is 1.